The zero-order valence-electron chi connectivity index (χ0n) is 16.0. The Morgan fingerprint density at radius 1 is 1.38 bits per heavy atom. The van der Waals surface area contributed by atoms with Crippen molar-refractivity contribution in [2.45, 2.75) is 32.4 Å². The molecule has 152 valence electrons. The molecule has 0 atom stereocenters. The van der Waals surface area contributed by atoms with E-state index in [1.54, 1.807) is 24.5 Å². The predicted molar refractivity (Wildman–Crippen MR) is 110 cm³/mol. The third kappa shape index (κ3) is 4.33. The van der Waals surface area contributed by atoms with Crippen LogP contribution in [0.1, 0.15) is 33.8 Å². The minimum Gasteiger partial charge on any atom is -0.462 e. The highest BCUT2D eigenvalue weighted by atomic mass is 32.1. The number of amides is 1. The molecule has 1 aliphatic rings. The second-order valence-electron chi connectivity index (χ2n) is 7.09. The average Bonchev–Trinajstić information content (AvgIpc) is 3.37. The van der Waals surface area contributed by atoms with Crippen LogP contribution in [0.2, 0.25) is 0 Å². The Morgan fingerprint density at radius 2 is 2.17 bits per heavy atom. The standard InChI is InChI=1S/C21H22FN3O3S/c1-13-19(24-21(29-13)18-3-2-10-28-18)20(27)23-12-14-4-5-17(16(22)11-14)25-8-6-15(26)7-9-25/h2-5,10-11,15,26H,6-9,12H2,1H3,(H,23,27). The lowest BCUT2D eigenvalue weighted by Gasteiger charge is -2.31. The number of piperidine rings is 1. The Hall–Kier alpha value is -2.71. The van der Waals surface area contributed by atoms with Crippen LogP contribution in [0.15, 0.2) is 41.0 Å². The van der Waals surface area contributed by atoms with Crippen LogP contribution >= 0.6 is 11.3 Å². The van der Waals surface area contributed by atoms with E-state index in [4.69, 9.17) is 4.42 Å². The number of aromatic nitrogens is 1. The van der Waals surface area contributed by atoms with Crippen molar-refractivity contribution >= 4 is 22.9 Å². The summed E-state index contributed by atoms with van der Waals surface area (Å²) in [7, 11) is 0. The quantitative estimate of drug-likeness (QED) is 0.664. The molecule has 2 aromatic heterocycles. The molecular weight excluding hydrogens is 393 g/mol. The van der Waals surface area contributed by atoms with E-state index in [1.165, 1.54) is 17.4 Å². The summed E-state index contributed by atoms with van der Waals surface area (Å²) < 4.78 is 19.9. The van der Waals surface area contributed by atoms with Crippen molar-refractivity contribution in [3.63, 3.8) is 0 Å². The number of carbonyl (C=O) groups excluding carboxylic acids is 1. The van der Waals surface area contributed by atoms with Crippen molar-refractivity contribution < 1.29 is 18.7 Å². The van der Waals surface area contributed by atoms with Crippen molar-refractivity contribution in [2.75, 3.05) is 18.0 Å². The molecule has 1 amide bonds. The monoisotopic (exact) mass is 415 g/mol. The molecule has 1 aliphatic heterocycles. The van der Waals surface area contributed by atoms with Crippen LogP contribution in [0.25, 0.3) is 10.8 Å². The van der Waals surface area contributed by atoms with Crippen molar-refractivity contribution in [1.29, 1.82) is 0 Å². The van der Waals surface area contributed by atoms with E-state index in [0.717, 1.165) is 4.88 Å². The summed E-state index contributed by atoms with van der Waals surface area (Å²) in [6, 6.07) is 8.57. The number of aliphatic hydroxyl groups excluding tert-OH is 1. The number of benzene rings is 1. The van der Waals surface area contributed by atoms with E-state index >= 15 is 0 Å². The first-order valence-corrected chi connectivity index (χ1v) is 10.3. The van der Waals surface area contributed by atoms with Gasteiger partial charge >= 0.3 is 0 Å². The largest absolute Gasteiger partial charge is 0.462 e. The highest BCUT2D eigenvalue weighted by Gasteiger charge is 2.20. The summed E-state index contributed by atoms with van der Waals surface area (Å²) in [5.41, 5.74) is 1.56. The molecule has 6 nitrogen and oxygen atoms in total. The molecule has 1 fully saturated rings. The van der Waals surface area contributed by atoms with Crippen molar-refractivity contribution in [3.05, 3.63) is 58.5 Å². The minimum absolute atomic E-state index is 0.210. The Kier molecular flexibility index (Phi) is 5.64. The molecule has 3 heterocycles. The molecule has 8 heteroatoms. The molecule has 29 heavy (non-hydrogen) atoms. The van der Waals surface area contributed by atoms with Gasteiger partial charge in [-0.1, -0.05) is 6.07 Å². The fourth-order valence-corrected chi connectivity index (χ4v) is 4.28. The Bertz CT molecular complexity index is 995. The van der Waals surface area contributed by atoms with E-state index in [1.807, 2.05) is 17.9 Å². The lowest BCUT2D eigenvalue weighted by Crippen LogP contribution is -2.36. The second-order valence-corrected chi connectivity index (χ2v) is 8.29. The minimum atomic E-state index is -0.321. The van der Waals surface area contributed by atoms with Crippen molar-refractivity contribution in [3.8, 4) is 10.8 Å². The summed E-state index contributed by atoms with van der Waals surface area (Å²) in [5, 5.41) is 13.1. The predicted octanol–water partition coefficient (Wildman–Crippen LogP) is 3.74. The van der Waals surface area contributed by atoms with Crippen molar-refractivity contribution in [2.24, 2.45) is 0 Å². The van der Waals surface area contributed by atoms with E-state index in [9.17, 15) is 14.3 Å². The fraction of sp³-hybridized carbons (Fsp3) is 0.333. The number of rotatable bonds is 5. The molecule has 3 aromatic rings. The summed E-state index contributed by atoms with van der Waals surface area (Å²) in [6.45, 7) is 3.31. The summed E-state index contributed by atoms with van der Waals surface area (Å²) in [6.07, 6.45) is 2.55. The molecule has 0 spiro atoms. The number of halogens is 1. The number of aliphatic hydroxyl groups is 1. The number of hydrogen-bond donors (Lipinski definition) is 2. The van der Waals surface area contributed by atoms with Crippen LogP contribution in [0.4, 0.5) is 10.1 Å². The number of carbonyl (C=O) groups is 1. The molecule has 0 radical (unpaired) electrons. The number of thiazole rings is 1. The average molecular weight is 415 g/mol. The summed E-state index contributed by atoms with van der Waals surface area (Å²) in [4.78, 5) is 19.6. The van der Waals surface area contributed by atoms with E-state index in [-0.39, 0.29) is 24.4 Å². The fourth-order valence-electron chi connectivity index (χ4n) is 3.40. The molecular formula is C21H22FN3O3S. The maximum atomic E-state index is 14.6. The van der Waals surface area contributed by atoms with Crippen LogP contribution in [-0.4, -0.2) is 35.2 Å². The maximum Gasteiger partial charge on any atom is 0.271 e. The third-order valence-corrected chi connectivity index (χ3v) is 6.00. The van der Waals surface area contributed by atoms with E-state index in [0.29, 0.717) is 53.6 Å². The van der Waals surface area contributed by atoms with Crippen LogP contribution in [0.3, 0.4) is 0 Å². The van der Waals surface area contributed by atoms with Crippen LogP contribution in [-0.2, 0) is 6.54 Å². The first kappa shape index (κ1) is 19.6. The van der Waals surface area contributed by atoms with Gasteiger partial charge in [0.2, 0.25) is 0 Å². The first-order valence-electron chi connectivity index (χ1n) is 9.52. The maximum absolute atomic E-state index is 14.6. The van der Waals surface area contributed by atoms with Gasteiger partial charge in [-0.15, -0.1) is 11.3 Å². The molecule has 0 bridgehead atoms. The Labute approximate surface area is 172 Å². The zero-order valence-corrected chi connectivity index (χ0v) is 16.8. The van der Waals surface area contributed by atoms with E-state index < -0.39 is 0 Å². The third-order valence-electron chi connectivity index (χ3n) is 5.01. The van der Waals surface area contributed by atoms with Gasteiger partial charge in [0, 0.05) is 24.5 Å². The zero-order chi connectivity index (χ0) is 20.4. The smallest absolute Gasteiger partial charge is 0.271 e. The number of nitrogens with zero attached hydrogens (tertiary/aromatic N) is 2. The molecule has 0 saturated carbocycles. The number of nitrogens with one attached hydrogen (secondary N) is 1. The summed E-state index contributed by atoms with van der Waals surface area (Å²) >= 11 is 1.39. The highest BCUT2D eigenvalue weighted by Crippen LogP contribution is 2.28. The van der Waals surface area contributed by atoms with Crippen LogP contribution in [0.5, 0.6) is 0 Å². The molecule has 1 saturated heterocycles. The Balaban J connectivity index is 1.40. The van der Waals surface area contributed by atoms with Gasteiger partial charge in [-0.2, -0.15) is 0 Å². The normalized spacial score (nSPS) is 14.9. The first-order chi connectivity index (χ1) is 14.0. The lowest BCUT2D eigenvalue weighted by atomic mass is 10.1. The number of hydrogen-bond acceptors (Lipinski definition) is 6. The van der Waals surface area contributed by atoms with Gasteiger partial charge in [0.1, 0.15) is 11.5 Å². The van der Waals surface area contributed by atoms with Gasteiger partial charge in [-0.25, -0.2) is 9.37 Å². The number of aryl methyl sites for hydroxylation is 1. The second kappa shape index (κ2) is 8.34. The molecule has 0 aliphatic carbocycles. The Morgan fingerprint density at radius 3 is 2.86 bits per heavy atom. The number of anilines is 1. The summed E-state index contributed by atoms with van der Waals surface area (Å²) in [5.74, 6) is 0.00387. The SMILES string of the molecule is Cc1sc(-c2ccco2)nc1C(=O)NCc1ccc(N2CCC(O)CC2)c(F)c1. The molecule has 2 N–H and O–H groups in total. The van der Waals surface area contributed by atoms with Gasteiger partial charge in [-0.05, 0) is 49.6 Å². The highest BCUT2D eigenvalue weighted by molar-refractivity contribution is 7.15. The van der Waals surface area contributed by atoms with Gasteiger partial charge < -0.3 is 19.7 Å². The van der Waals surface area contributed by atoms with Gasteiger partial charge in [0.25, 0.3) is 5.91 Å². The van der Waals surface area contributed by atoms with E-state index in [2.05, 4.69) is 10.3 Å². The van der Waals surface area contributed by atoms with Gasteiger partial charge in [0.05, 0.1) is 18.1 Å². The topological polar surface area (TPSA) is 78.6 Å². The van der Waals surface area contributed by atoms with Crippen LogP contribution in [0, 0.1) is 12.7 Å². The molecule has 4 rings (SSSR count). The molecule has 0 unspecified atom stereocenters. The lowest BCUT2D eigenvalue weighted by molar-refractivity contribution is 0.0946. The molecule has 1 aromatic carbocycles. The van der Waals surface area contributed by atoms with Crippen molar-refractivity contribution in [1.82, 2.24) is 10.3 Å². The van der Waals surface area contributed by atoms with Crippen LogP contribution < -0.4 is 10.2 Å². The van der Waals surface area contributed by atoms with Gasteiger partial charge in [0.15, 0.2) is 10.8 Å². The van der Waals surface area contributed by atoms with Gasteiger partial charge in [-0.3, -0.25) is 4.79 Å². The number of furan rings is 1.